The summed E-state index contributed by atoms with van der Waals surface area (Å²) >= 11 is 0. The van der Waals surface area contributed by atoms with Crippen LogP contribution in [0.5, 0.6) is 0 Å². The van der Waals surface area contributed by atoms with Crippen molar-refractivity contribution in [2.45, 2.75) is 19.3 Å². The van der Waals surface area contributed by atoms with Crippen molar-refractivity contribution in [1.29, 1.82) is 0 Å². The van der Waals surface area contributed by atoms with Crippen LogP contribution in [0.3, 0.4) is 0 Å². The third-order valence-corrected chi connectivity index (χ3v) is 13.3. The SMILES string of the molecule is CC1(C)c2ccccc2-c2cccc(-c3ccc(N(c4ccc(-c5ccc(-c6ccccc6)cc5)cc4)c4cccc(-c5cccc6oc7c8ccccc8ccc7c56)c4)cc3)c21. The molecule has 1 aromatic heterocycles. The number of fused-ring (bicyclic) bond motifs is 8. The zero-order valence-corrected chi connectivity index (χ0v) is 35.2. The third-order valence-electron chi connectivity index (χ3n) is 13.3. The Bertz CT molecular complexity index is 3500. The molecule has 0 aliphatic heterocycles. The topological polar surface area (TPSA) is 16.4 Å². The molecule has 0 spiro atoms. The van der Waals surface area contributed by atoms with Crippen LogP contribution in [0.1, 0.15) is 25.0 Å². The summed E-state index contributed by atoms with van der Waals surface area (Å²) in [7, 11) is 0. The van der Waals surface area contributed by atoms with Crippen molar-refractivity contribution in [2.75, 3.05) is 4.90 Å². The van der Waals surface area contributed by atoms with Crippen LogP contribution in [0.15, 0.2) is 229 Å². The molecule has 0 bridgehead atoms. The third kappa shape index (κ3) is 6.09. The number of rotatable bonds is 7. The molecule has 0 saturated carbocycles. The minimum absolute atomic E-state index is 0.104. The highest BCUT2D eigenvalue weighted by Gasteiger charge is 2.37. The summed E-state index contributed by atoms with van der Waals surface area (Å²) in [6, 6.07) is 81.5. The molecule has 0 fully saturated rings. The highest BCUT2D eigenvalue weighted by Crippen LogP contribution is 2.52. The fraction of sp³-hybridized carbons (Fsp3) is 0.0492. The van der Waals surface area contributed by atoms with Gasteiger partial charge in [-0.25, -0.2) is 0 Å². The molecule has 10 aromatic carbocycles. The highest BCUT2D eigenvalue weighted by molar-refractivity contribution is 6.19. The lowest BCUT2D eigenvalue weighted by Crippen LogP contribution is -2.16. The van der Waals surface area contributed by atoms with E-state index in [1.54, 1.807) is 0 Å². The second kappa shape index (κ2) is 14.6. The van der Waals surface area contributed by atoms with Crippen molar-refractivity contribution >= 4 is 49.8 Å². The molecule has 0 radical (unpaired) electrons. The van der Waals surface area contributed by atoms with Gasteiger partial charge in [0, 0.05) is 38.6 Å². The monoisotopic (exact) mass is 805 g/mol. The van der Waals surface area contributed by atoms with Crippen LogP contribution >= 0.6 is 0 Å². The number of anilines is 3. The molecule has 1 heterocycles. The molecular weight excluding hydrogens is 763 g/mol. The Morgan fingerprint density at radius 3 is 1.68 bits per heavy atom. The van der Waals surface area contributed by atoms with Gasteiger partial charge in [0.15, 0.2) is 0 Å². The van der Waals surface area contributed by atoms with Gasteiger partial charge in [0.1, 0.15) is 11.2 Å². The number of hydrogen-bond acceptors (Lipinski definition) is 2. The van der Waals surface area contributed by atoms with Gasteiger partial charge in [-0.05, 0) is 121 Å². The van der Waals surface area contributed by atoms with Gasteiger partial charge in [-0.3, -0.25) is 0 Å². The van der Waals surface area contributed by atoms with Crippen LogP contribution in [-0.4, -0.2) is 0 Å². The fourth-order valence-electron chi connectivity index (χ4n) is 10.2. The molecule has 0 amide bonds. The van der Waals surface area contributed by atoms with Crippen LogP contribution in [0.4, 0.5) is 17.1 Å². The molecular formula is C61H43NO. The minimum atomic E-state index is -0.104. The van der Waals surface area contributed by atoms with Crippen molar-refractivity contribution in [3.8, 4) is 55.6 Å². The molecule has 1 aliphatic rings. The second-order valence-corrected chi connectivity index (χ2v) is 17.3. The van der Waals surface area contributed by atoms with Gasteiger partial charge in [0.25, 0.3) is 0 Å². The Morgan fingerprint density at radius 2 is 0.921 bits per heavy atom. The van der Waals surface area contributed by atoms with Gasteiger partial charge < -0.3 is 9.32 Å². The molecule has 0 N–H and O–H groups in total. The van der Waals surface area contributed by atoms with Gasteiger partial charge >= 0.3 is 0 Å². The number of benzene rings is 10. The van der Waals surface area contributed by atoms with Crippen molar-refractivity contribution in [3.05, 3.63) is 236 Å². The van der Waals surface area contributed by atoms with E-state index in [4.69, 9.17) is 4.42 Å². The maximum Gasteiger partial charge on any atom is 0.143 e. The second-order valence-electron chi connectivity index (χ2n) is 17.3. The fourth-order valence-corrected chi connectivity index (χ4v) is 10.2. The summed E-state index contributed by atoms with van der Waals surface area (Å²) in [5.41, 5.74) is 20.0. The first-order valence-electron chi connectivity index (χ1n) is 21.8. The van der Waals surface area contributed by atoms with Crippen molar-refractivity contribution in [2.24, 2.45) is 0 Å². The summed E-state index contributed by atoms with van der Waals surface area (Å²) in [5.74, 6) is 0. The summed E-state index contributed by atoms with van der Waals surface area (Å²) in [5, 5.41) is 4.57. The Kier molecular flexibility index (Phi) is 8.55. The molecule has 0 unspecified atom stereocenters. The Morgan fingerprint density at radius 1 is 0.365 bits per heavy atom. The first-order chi connectivity index (χ1) is 31.0. The first kappa shape index (κ1) is 36.9. The van der Waals surface area contributed by atoms with E-state index in [0.717, 1.165) is 55.5 Å². The van der Waals surface area contributed by atoms with Crippen LogP contribution in [0.2, 0.25) is 0 Å². The lowest BCUT2D eigenvalue weighted by atomic mass is 9.79. The molecule has 2 heteroatoms. The summed E-state index contributed by atoms with van der Waals surface area (Å²) in [6.07, 6.45) is 0. The highest BCUT2D eigenvalue weighted by atomic mass is 16.3. The smallest absolute Gasteiger partial charge is 0.143 e. The first-order valence-corrected chi connectivity index (χ1v) is 21.8. The van der Waals surface area contributed by atoms with Gasteiger partial charge in [0.05, 0.1) is 0 Å². The van der Waals surface area contributed by atoms with Gasteiger partial charge in [-0.15, -0.1) is 0 Å². The Balaban J connectivity index is 0.963. The average molecular weight is 806 g/mol. The normalized spacial score (nSPS) is 12.7. The Hall–Kier alpha value is -7.94. The van der Waals surface area contributed by atoms with Crippen molar-refractivity contribution < 1.29 is 4.42 Å². The number of nitrogens with zero attached hydrogens (tertiary/aromatic N) is 1. The summed E-state index contributed by atoms with van der Waals surface area (Å²) in [6.45, 7) is 4.72. The number of furan rings is 1. The molecule has 1 aliphatic carbocycles. The van der Waals surface area contributed by atoms with Crippen LogP contribution in [0.25, 0.3) is 88.3 Å². The van der Waals surface area contributed by atoms with Gasteiger partial charge in [-0.1, -0.05) is 190 Å². The average Bonchev–Trinajstić information content (AvgIpc) is 3.85. The largest absolute Gasteiger partial charge is 0.455 e. The maximum atomic E-state index is 6.62. The van der Waals surface area contributed by atoms with Crippen LogP contribution in [0, 0.1) is 0 Å². The summed E-state index contributed by atoms with van der Waals surface area (Å²) < 4.78 is 6.62. The quantitative estimate of drug-likeness (QED) is 0.160. The molecule has 63 heavy (non-hydrogen) atoms. The zero-order valence-electron chi connectivity index (χ0n) is 35.2. The van der Waals surface area contributed by atoms with E-state index in [9.17, 15) is 0 Å². The predicted molar refractivity (Wildman–Crippen MR) is 265 cm³/mol. The molecule has 298 valence electrons. The van der Waals surface area contributed by atoms with E-state index in [2.05, 4.69) is 243 Å². The maximum absolute atomic E-state index is 6.62. The Labute approximate surface area is 368 Å². The molecule has 11 aromatic rings. The standard InChI is InChI=1S/C61H43NO/c1-61(2)56-23-9-8-19-53(56)54-22-11-21-51(59(54)61)45-31-36-48(37-32-45)62(47-34-29-43(30-35-47)42-27-25-41(26-28-42)40-13-4-3-5-14-40)49-17-10-16-46(39-49)50-20-12-24-57-58(50)55-38-33-44-15-6-7-18-52(44)60(55)63-57/h3-39H,1-2H3. The van der Waals surface area contributed by atoms with E-state index < -0.39 is 0 Å². The summed E-state index contributed by atoms with van der Waals surface area (Å²) in [4.78, 5) is 2.38. The lowest BCUT2D eigenvalue weighted by Gasteiger charge is -2.27. The van der Waals surface area contributed by atoms with E-state index in [1.807, 2.05) is 0 Å². The van der Waals surface area contributed by atoms with Gasteiger partial charge in [0.2, 0.25) is 0 Å². The van der Waals surface area contributed by atoms with Crippen molar-refractivity contribution in [1.82, 2.24) is 0 Å². The van der Waals surface area contributed by atoms with Crippen LogP contribution < -0.4 is 4.90 Å². The molecule has 2 nitrogen and oxygen atoms in total. The van der Waals surface area contributed by atoms with Crippen LogP contribution in [-0.2, 0) is 5.41 Å². The number of hydrogen-bond donors (Lipinski definition) is 0. The zero-order chi connectivity index (χ0) is 42.1. The predicted octanol–water partition coefficient (Wildman–Crippen LogP) is 17.2. The minimum Gasteiger partial charge on any atom is -0.455 e. The van der Waals surface area contributed by atoms with E-state index in [-0.39, 0.29) is 5.41 Å². The van der Waals surface area contributed by atoms with Gasteiger partial charge in [-0.2, -0.15) is 0 Å². The lowest BCUT2D eigenvalue weighted by molar-refractivity contribution is 0.662. The van der Waals surface area contributed by atoms with E-state index >= 15 is 0 Å². The van der Waals surface area contributed by atoms with Crippen molar-refractivity contribution in [3.63, 3.8) is 0 Å². The molecule has 12 rings (SSSR count). The molecule has 0 atom stereocenters. The van der Waals surface area contributed by atoms with E-state index in [0.29, 0.717) is 0 Å². The van der Waals surface area contributed by atoms with E-state index in [1.165, 1.54) is 61.0 Å². The molecule has 0 saturated heterocycles.